The van der Waals surface area contributed by atoms with Crippen molar-refractivity contribution in [3.8, 4) is 0 Å². The largest absolute Gasteiger partial charge is 0.465 e. The van der Waals surface area contributed by atoms with Crippen molar-refractivity contribution in [1.82, 2.24) is 4.57 Å². The molecule has 10 heteroatoms. The quantitative estimate of drug-likeness (QED) is 0.312. The molecule has 0 radical (unpaired) electrons. The zero-order valence-electron chi connectivity index (χ0n) is 20.4. The number of hydrogen-bond acceptors (Lipinski definition) is 7. The van der Waals surface area contributed by atoms with Gasteiger partial charge in [-0.05, 0) is 49.6 Å². The van der Waals surface area contributed by atoms with Crippen molar-refractivity contribution in [2.75, 3.05) is 43.3 Å². The van der Waals surface area contributed by atoms with Gasteiger partial charge in [0.2, 0.25) is 5.91 Å². The number of benzene rings is 2. The Balaban J connectivity index is 1.46. The number of methoxy groups -OCH3 is 1. The molecule has 0 aliphatic carbocycles. The second-order valence-corrected chi connectivity index (χ2v) is 10.2. The number of carbonyl (C=O) groups is 3. The molecule has 0 bridgehead atoms. The number of aryl methyl sites for hydroxylation is 1. The highest BCUT2D eigenvalue weighted by atomic mass is 32.2. The first-order valence-electron chi connectivity index (χ1n) is 11.8. The van der Waals surface area contributed by atoms with Crippen LogP contribution in [0, 0.1) is 0 Å². The lowest BCUT2D eigenvalue weighted by Crippen LogP contribution is -2.36. The van der Waals surface area contributed by atoms with Gasteiger partial charge in [0, 0.05) is 25.4 Å². The van der Waals surface area contributed by atoms with E-state index in [0.717, 1.165) is 28.7 Å². The fourth-order valence-electron chi connectivity index (χ4n) is 4.15. The van der Waals surface area contributed by atoms with Crippen molar-refractivity contribution in [3.05, 3.63) is 58.4 Å². The fourth-order valence-corrected chi connectivity index (χ4v) is 5.94. The Labute approximate surface area is 217 Å². The molecule has 2 aromatic carbocycles. The number of ether oxygens (including phenoxy) is 2. The van der Waals surface area contributed by atoms with Gasteiger partial charge in [-0.3, -0.25) is 9.59 Å². The van der Waals surface area contributed by atoms with Crippen LogP contribution < -0.4 is 9.70 Å². The maximum Gasteiger partial charge on any atom is 0.337 e. The number of thiazole rings is 1. The van der Waals surface area contributed by atoms with Crippen LogP contribution in [0.3, 0.4) is 0 Å². The van der Waals surface area contributed by atoms with Gasteiger partial charge in [0.1, 0.15) is 0 Å². The molecule has 1 aliphatic heterocycles. The zero-order valence-corrected chi connectivity index (χ0v) is 22.0. The van der Waals surface area contributed by atoms with Crippen molar-refractivity contribution >= 4 is 56.8 Å². The van der Waals surface area contributed by atoms with Gasteiger partial charge in [-0.1, -0.05) is 29.5 Å². The lowest BCUT2D eigenvalue weighted by molar-refractivity contribution is -0.116. The smallest absolute Gasteiger partial charge is 0.337 e. The molecule has 0 unspecified atom stereocenters. The summed E-state index contributed by atoms with van der Waals surface area (Å²) in [6, 6.07) is 13.3. The molecular formula is C26H29N3O5S2. The van der Waals surface area contributed by atoms with Crippen LogP contribution in [-0.4, -0.2) is 60.7 Å². The Kier molecular flexibility index (Phi) is 8.95. The first-order valence-corrected chi connectivity index (χ1v) is 13.8. The summed E-state index contributed by atoms with van der Waals surface area (Å²) in [6.45, 7) is 4.21. The molecule has 1 aliphatic rings. The summed E-state index contributed by atoms with van der Waals surface area (Å²) < 4.78 is 13.1. The van der Waals surface area contributed by atoms with Crippen molar-refractivity contribution < 1.29 is 23.9 Å². The highest BCUT2D eigenvalue weighted by molar-refractivity contribution is 8.00. The number of thioether (sulfide) groups is 1. The zero-order chi connectivity index (χ0) is 25.5. The number of carbonyl (C=O) groups excluding carboxylic acids is 3. The Bertz CT molecular complexity index is 1330. The molecule has 2 heterocycles. The Morgan fingerprint density at radius 3 is 2.78 bits per heavy atom. The number of para-hydroxylation sites is 1. The first kappa shape index (κ1) is 26.1. The van der Waals surface area contributed by atoms with E-state index in [9.17, 15) is 14.4 Å². The molecule has 0 fully saturated rings. The second kappa shape index (κ2) is 12.3. The van der Waals surface area contributed by atoms with Gasteiger partial charge < -0.3 is 18.9 Å². The monoisotopic (exact) mass is 527 g/mol. The number of hydrogen-bond donors (Lipinski definition) is 0. The molecule has 3 aromatic rings. The summed E-state index contributed by atoms with van der Waals surface area (Å²) in [4.78, 5) is 44.2. The van der Waals surface area contributed by atoms with Crippen molar-refractivity contribution in [1.29, 1.82) is 0 Å². The molecule has 36 heavy (non-hydrogen) atoms. The fraction of sp³-hybridized carbons (Fsp3) is 0.385. The van der Waals surface area contributed by atoms with Crippen LogP contribution in [-0.2, 0) is 32.0 Å². The highest BCUT2D eigenvalue weighted by Gasteiger charge is 2.22. The SMILES string of the molecule is CCOCCn1c(=NC(=O)CSCC(=O)N2CCCc3ccccc32)sc2cc(C(=O)OC)ccc21. The first-order chi connectivity index (χ1) is 17.5. The number of fused-ring (bicyclic) bond motifs is 2. The second-order valence-electron chi connectivity index (χ2n) is 8.18. The van der Waals surface area contributed by atoms with Crippen LogP contribution >= 0.6 is 23.1 Å². The summed E-state index contributed by atoms with van der Waals surface area (Å²) in [6.07, 6.45) is 1.91. The van der Waals surface area contributed by atoms with E-state index in [0.29, 0.717) is 36.7 Å². The van der Waals surface area contributed by atoms with Crippen LogP contribution in [0.2, 0.25) is 0 Å². The third-order valence-electron chi connectivity index (χ3n) is 5.85. The number of aromatic nitrogens is 1. The number of rotatable bonds is 9. The maximum absolute atomic E-state index is 12.8. The number of esters is 1. The molecular weight excluding hydrogens is 498 g/mol. The van der Waals surface area contributed by atoms with Crippen molar-refractivity contribution in [2.45, 2.75) is 26.3 Å². The van der Waals surface area contributed by atoms with E-state index >= 15 is 0 Å². The highest BCUT2D eigenvalue weighted by Crippen LogP contribution is 2.27. The molecule has 2 amide bonds. The van der Waals surface area contributed by atoms with E-state index in [1.807, 2.05) is 40.7 Å². The van der Waals surface area contributed by atoms with Gasteiger partial charge >= 0.3 is 5.97 Å². The third-order valence-corrected chi connectivity index (χ3v) is 7.79. The van der Waals surface area contributed by atoms with Crippen LogP contribution in [0.15, 0.2) is 47.5 Å². The average Bonchev–Trinajstić information content (AvgIpc) is 3.23. The van der Waals surface area contributed by atoms with Crippen LogP contribution in [0.1, 0.15) is 29.3 Å². The summed E-state index contributed by atoms with van der Waals surface area (Å²) in [5, 5.41) is 0. The molecule has 8 nitrogen and oxygen atoms in total. The summed E-state index contributed by atoms with van der Waals surface area (Å²) in [5.41, 5.74) is 3.46. The van der Waals surface area contributed by atoms with E-state index in [1.54, 1.807) is 12.1 Å². The van der Waals surface area contributed by atoms with Crippen LogP contribution in [0.4, 0.5) is 5.69 Å². The Morgan fingerprint density at radius 2 is 1.97 bits per heavy atom. The predicted molar refractivity (Wildman–Crippen MR) is 143 cm³/mol. The lowest BCUT2D eigenvalue weighted by Gasteiger charge is -2.29. The number of amides is 2. The predicted octanol–water partition coefficient (Wildman–Crippen LogP) is 3.67. The number of anilines is 1. The minimum Gasteiger partial charge on any atom is -0.465 e. The molecule has 0 saturated carbocycles. The molecule has 0 N–H and O–H groups in total. The van der Waals surface area contributed by atoms with Gasteiger partial charge in [-0.2, -0.15) is 4.99 Å². The van der Waals surface area contributed by atoms with Gasteiger partial charge in [-0.15, -0.1) is 11.8 Å². The average molecular weight is 528 g/mol. The molecule has 0 spiro atoms. The van der Waals surface area contributed by atoms with Gasteiger partial charge in [0.15, 0.2) is 4.80 Å². The van der Waals surface area contributed by atoms with Crippen molar-refractivity contribution in [3.63, 3.8) is 0 Å². The summed E-state index contributed by atoms with van der Waals surface area (Å²) >= 11 is 2.61. The van der Waals surface area contributed by atoms with Gasteiger partial charge in [-0.25, -0.2) is 4.79 Å². The van der Waals surface area contributed by atoms with E-state index < -0.39 is 5.97 Å². The van der Waals surface area contributed by atoms with E-state index in [4.69, 9.17) is 9.47 Å². The van der Waals surface area contributed by atoms with Gasteiger partial charge in [0.25, 0.3) is 5.91 Å². The van der Waals surface area contributed by atoms with E-state index in [-0.39, 0.29) is 23.3 Å². The van der Waals surface area contributed by atoms with Crippen molar-refractivity contribution in [2.24, 2.45) is 4.99 Å². The Hall–Kier alpha value is -2.95. The molecule has 190 valence electrons. The summed E-state index contributed by atoms with van der Waals surface area (Å²) in [7, 11) is 1.34. The third kappa shape index (κ3) is 6.05. The van der Waals surface area contributed by atoms with Crippen LogP contribution in [0.5, 0.6) is 0 Å². The van der Waals surface area contributed by atoms with E-state index in [2.05, 4.69) is 11.1 Å². The van der Waals surface area contributed by atoms with E-state index in [1.165, 1.54) is 35.8 Å². The Morgan fingerprint density at radius 1 is 1.14 bits per heavy atom. The number of nitrogens with zero attached hydrogens (tertiary/aromatic N) is 3. The summed E-state index contributed by atoms with van der Waals surface area (Å²) in [5.74, 6) is -0.401. The van der Waals surface area contributed by atoms with Gasteiger partial charge in [0.05, 0.1) is 41.0 Å². The standard InChI is InChI=1S/C26H29N3O5S2/c1-3-34-14-13-29-21-11-10-19(25(32)33-2)15-22(21)36-26(29)27-23(30)16-35-17-24(31)28-12-6-8-18-7-4-5-9-20(18)28/h4-5,7,9-11,15H,3,6,8,12-14,16-17H2,1-2H3. The molecule has 1 aromatic heterocycles. The molecule has 4 rings (SSSR count). The normalized spacial score (nSPS) is 13.6. The lowest BCUT2D eigenvalue weighted by atomic mass is 10.0. The minimum absolute atomic E-state index is 0.00364. The van der Waals surface area contributed by atoms with Crippen LogP contribution in [0.25, 0.3) is 10.2 Å². The molecule has 0 atom stereocenters. The minimum atomic E-state index is -0.418. The topological polar surface area (TPSA) is 90.2 Å². The maximum atomic E-state index is 12.8. The molecule has 0 saturated heterocycles.